The summed E-state index contributed by atoms with van der Waals surface area (Å²) in [6.07, 6.45) is 0.482. The highest BCUT2D eigenvalue weighted by molar-refractivity contribution is 7.99. The Balaban J connectivity index is 1.76. The van der Waals surface area contributed by atoms with Crippen LogP contribution in [0.4, 0.5) is 0 Å². The Labute approximate surface area is 113 Å². The van der Waals surface area contributed by atoms with E-state index in [2.05, 4.69) is 10.2 Å². The molecule has 0 aliphatic rings. The molecule has 7 heteroatoms. The second-order valence-electron chi connectivity index (χ2n) is 3.56. The number of carboxylic acids is 1. The first-order valence-corrected chi connectivity index (χ1v) is 6.57. The molecule has 0 unspecified atom stereocenters. The summed E-state index contributed by atoms with van der Waals surface area (Å²) < 4.78 is 10.8. The van der Waals surface area contributed by atoms with E-state index in [1.807, 2.05) is 30.3 Å². The SMILES string of the molecule is O=C(O)CSc1nnc(CCOc2ccccc2)o1. The topological polar surface area (TPSA) is 85.5 Å². The summed E-state index contributed by atoms with van der Waals surface area (Å²) in [4.78, 5) is 10.4. The largest absolute Gasteiger partial charge is 0.493 e. The van der Waals surface area contributed by atoms with Crippen molar-refractivity contribution in [3.05, 3.63) is 36.2 Å². The maximum Gasteiger partial charge on any atom is 0.314 e. The molecular weight excluding hydrogens is 268 g/mol. The van der Waals surface area contributed by atoms with Crippen molar-refractivity contribution in [1.29, 1.82) is 0 Å². The number of carbonyl (C=O) groups is 1. The Hall–Kier alpha value is -2.02. The summed E-state index contributed by atoms with van der Waals surface area (Å²) in [5.74, 6) is 0.200. The third-order valence-corrected chi connectivity index (χ3v) is 2.90. The van der Waals surface area contributed by atoms with Gasteiger partial charge in [0.05, 0.1) is 13.0 Å². The van der Waals surface area contributed by atoms with Crippen LogP contribution in [0.2, 0.25) is 0 Å². The lowest BCUT2D eigenvalue weighted by atomic mass is 10.3. The monoisotopic (exact) mass is 280 g/mol. The number of hydrogen-bond acceptors (Lipinski definition) is 6. The van der Waals surface area contributed by atoms with Crippen molar-refractivity contribution < 1.29 is 19.1 Å². The molecular formula is C12H12N2O4S. The Morgan fingerprint density at radius 3 is 2.84 bits per heavy atom. The lowest BCUT2D eigenvalue weighted by Gasteiger charge is -2.02. The highest BCUT2D eigenvalue weighted by atomic mass is 32.2. The van der Waals surface area contributed by atoms with E-state index < -0.39 is 5.97 Å². The van der Waals surface area contributed by atoms with Gasteiger partial charge < -0.3 is 14.3 Å². The first kappa shape index (κ1) is 13.4. The van der Waals surface area contributed by atoms with Crippen LogP contribution in [0.5, 0.6) is 5.75 Å². The molecule has 1 aromatic heterocycles. The first-order valence-electron chi connectivity index (χ1n) is 5.59. The molecule has 2 rings (SSSR count). The molecule has 0 saturated carbocycles. The lowest BCUT2D eigenvalue weighted by Crippen LogP contribution is -2.01. The van der Waals surface area contributed by atoms with Gasteiger partial charge in [-0.05, 0) is 12.1 Å². The van der Waals surface area contributed by atoms with Gasteiger partial charge in [-0.25, -0.2) is 0 Å². The second-order valence-corrected chi connectivity index (χ2v) is 4.48. The van der Waals surface area contributed by atoms with Gasteiger partial charge in [0.15, 0.2) is 0 Å². The quantitative estimate of drug-likeness (QED) is 0.775. The average molecular weight is 280 g/mol. The Kier molecular flexibility index (Phi) is 4.79. The normalized spacial score (nSPS) is 10.3. The predicted octanol–water partition coefficient (Wildman–Crippen LogP) is 1.87. The third-order valence-electron chi connectivity index (χ3n) is 2.10. The molecule has 0 fully saturated rings. The van der Waals surface area contributed by atoms with Crippen LogP contribution >= 0.6 is 11.8 Å². The number of hydrogen-bond donors (Lipinski definition) is 1. The van der Waals surface area contributed by atoms with Crippen molar-refractivity contribution >= 4 is 17.7 Å². The van der Waals surface area contributed by atoms with Gasteiger partial charge in [0.1, 0.15) is 11.5 Å². The fraction of sp³-hybridized carbons (Fsp3) is 0.250. The zero-order valence-corrected chi connectivity index (χ0v) is 10.8. The number of benzene rings is 1. The van der Waals surface area contributed by atoms with Crippen LogP contribution in [0, 0.1) is 0 Å². The molecule has 1 aromatic carbocycles. The third kappa shape index (κ3) is 4.63. The van der Waals surface area contributed by atoms with E-state index in [0.29, 0.717) is 18.9 Å². The van der Waals surface area contributed by atoms with Gasteiger partial charge in [0.25, 0.3) is 5.22 Å². The van der Waals surface area contributed by atoms with Gasteiger partial charge >= 0.3 is 5.97 Å². The van der Waals surface area contributed by atoms with Crippen LogP contribution in [-0.2, 0) is 11.2 Å². The van der Waals surface area contributed by atoms with Crippen molar-refractivity contribution in [1.82, 2.24) is 10.2 Å². The van der Waals surface area contributed by atoms with E-state index in [0.717, 1.165) is 17.5 Å². The molecule has 0 saturated heterocycles. The second kappa shape index (κ2) is 6.79. The highest BCUT2D eigenvalue weighted by Gasteiger charge is 2.08. The van der Waals surface area contributed by atoms with E-state index in [9.17, 15) is 4.79 Å². The minimum absolute atomic E-state index is 0.0951. The standard InChI is InChI=1S/C12H12N2O4S/c15-11(16)8-19-12-14-13-10(18-12)6-7-17-9-4-2-1-3-5-9/h1-5H,6-8H2,(H,15,16). The van der Waals surface area contributed by atoms with Crippen molar-refractivity contribution in [2.24, 2.45) is 0 Å². The molecule has 1 heterocycles. The first-order chi connectivity index (χ1) is 9.24. The van der Waals surface area contributed by atoms with Gasteiger partial charge in [-0.15, -0.1) is 10.2 Å². The van der Waals surface area contributed by atoms with E-state index in [1.165, 1.54) is 0 Å². The zero-order valence-electron chi connectivity index (χ0n) is 9.98. The number of ether oxygens (including phenoxy) is 1. The summed E-state index contributed by atoms with van der Waals surface area (Å²) >= 11 is 0.999. The summed E-state index contributed by atoms with van der Waals surface area (Å²) in [5, 5.41) is 16.3. The van der Waals surface area contributed by atoms with E-state index in [-0.39, 0.29) is 11.0 Å². The molecule has 2 aromatic rings. The van der Waals surface area contributed by atoms with Gasteiger partial charge in [-0.1, -0.05) is 30.0 Å². The van der Waals surface area contributed by atoms with Gasteiger partial charge in [0.2, 0.25) is 5.89 Å². The number of aliphatic carboxylic acids is 1. The molecule has 0 spiro atoms. The fourth-order valence-corrected chi connectivity index (χ4v) is 1.79. The molecule has 0 amide bonds. The molecule has 19 heavy (non-hydrogen) atoms. The number of thioether (sulfide) groups is 1. The number of aromatic nitrogens is 2. The van der Waals surface area contributed by atoms with E-state index >= 15 is 0 Å². The Morgan fingerprint density at radius 2 is 2.11 bits per heavy atom. The molecule has 0 aliphatic heterocycles. The van der Waals surface area contributed by atoms with E-state index in [1.54, 1.807) is 0 Å². The minimum atomic E-state index is -0.919. The molecule has 1 N–H and O–H groups in total. The number of nitrogens with zero attached hydrogens (tertiary/aromatic N) is 2. The maximum atomic E-state index is 10.4. The Bertz CT molecular complexity index is 530. The van der Waals surface area contributed by atoms with Gasteiger partial charge in [-0.3, -0.25) is 4.79 Å². The molecule has 0 aliphatic carbocycles. The van der Waals surface area contributed by atoms with E-state index in [4.69, 9.17) is 14.3 Å². The van der Waals surface area contributed by atoms with Crippen molar-refractivity contribution in [3.63, 3.8) is 0 Å². The predicted molar refractivity (Wildman–Crippen MR) is 68.3 cm³/mol. The minimum Gasteiger partial charge on any atom is -0.493 e. The van der Waals surface area contributed by atoms with Crippen LogP contribution in [0.25, 0.3) is 0 Å². The van der Waals surface area contributed by atoms with Crippen LogP contribution in [0.15, 0.2) is 40.0 Å². The van der Waals surface area contributed by atoms with Crippen molar-refractivity contribution in [2.45, 2.75) is 11.6 Å². The molecule has 0 atom stereocenters. The van der Waals surface area contributed by atoms with Crippen molar-refractivity contribution in [2.75, 3.05) is 12.4 Å². The number of carboxylic acid groups (broad SMARTS) is 1. The van der Waals surface area contributed by atoms with Crippen LogP contribution < -0.4 is 4.74 Å². The molecule has 0 radical (unpaired) electrons. The maximum absolute atomic E-state index is 10.4. The smallest absolute Gasteiger partial charge is 0.314 e. The number of rotatable bonds is 7. The molecule has 6 nitrogen and oxygen atoms in total. The average Bonchev–Trinajstić information content (AvgIpc) is 2.86. The lowest BCUT2D eigenvalue weighted by molar-refractivity contribution is -0.133. The molecule has 0 bridgehead atoms. The summed E-state index contributed by atoms with van der Waals surface area (Å²) in [5.41, 5.74) is 0. The van der Waals surface area contributed by atoms with Crippen LogP contribution in [-0.4, -0.2) is 33.6 Å². The fourth-order valence-electron chi connectivity index (χ4n) is 1.29. The van der Waals surface area contributed by atoms with Gasteiger partial charge in [-0.2, -0.15) is 0 Å². The van der Waals surface area contributed by atoms with Crippen LogP contribution in [0.3, 0.4) is 0 Å². The summed E-state index contributed by atoms with van der Waals surface area (Å²) in [7, 11) is 0. The van der Waals surface area contributed by atoms with Crippen LogP contribution in [0.1, 0.15) is 5.89 Å². The molecule has 100 valence electrons. The zero-order chi connectivity index (χ0) is 13.5. The summed E-state index contributed by atoms with van der Waals surface area (Å²) in [6, 6.07) is 9.42. The van der Waals surface area contributed by atoms with Gasteiger partial charge in [0, 0.05) is 0 Å². The van der Waals surface area contributed by atoms with Crippen molar-refractivity contribution in [3.8, 4) is 5.75 Å². The number of para-hydroxylation sites is 1. The summed E-state index contributed by atoms with van der Waals surface area (Å²) in [6.45, 7) is 0.426. The highest BCUT2D eigenvalue weighted by Crippen LogP contribution is 2.16. The Morgan fingerprint density at radius 1 is 1.32 bits per heavy atom.